The Balaban J connectivity index is -0.0000000817. The minimum absolute atomic E-state index is 0. The van der Waals surface area contributed by atoms with Crippen molar-refractivity contribution in [2.75, 3.05) is 0 Å². The Morgan fingerprint density at radius 1 is 1.36 bits per heavy atom. The Labute approximate surface area is 83.4 Å². The maximum absolute atomic E-state index is 9.86. The first-order valence-electron chi connectivity index (χ1n) is 2.22. The van der Waals surface area contributed by atoms with Crippen LogP contribution >= 0.6 is 37.2 Å². The smallest absolute Gasteiger partial charge is 0.323 e. The molecule has 0 bridgehead atoms. The monoisotopic (exact) mass is 227 g/mol. The average molecular weight is 229 g/mol. The number of aliphatic hydroxyl groups is 1. The van der Waals surface area contributed by atoms with Gasteiger partial charge in [-0.05, 0) is 6.92 Å². The molecule has 7 heteroatoms. The van der Waals surface area contributed by atoms with Gasteiger partial charge in [-0.25, -0.2) is 0 Å². The number of carbonyl (C=O) groups is 1. The minimum atomic E-state index is -1.18. The molecule has 0 fully saturated rings. The highest BCUT2D eigenvalue weighted by atomic mass is 35.5. The number of halogens is 3. The van der Waals surface area contributed by atoms with E-state index in [1.807, 2.05) is 0 Å². The second-order valence-electron chi connectivity index (χ2n) is 1.60. The highest BCUT2D eigenvalue weighted by Gasteiger charge is 2.16. The third-order valence-corrected chi connectivity index (χ3v) is 0.805. The highest BCUT2D eigenvalue weighted by Crippen LogP contribution is 1.85. The number of hydrogen-bond donors (Lipinski definition) is 3. The predicted molar refractivity (Wildman–Crippen MR) is 49.0 cm³/mol. The van der Waals surface area contributed by atoms with Crippen molar-refractivity contribution in [2.45, 2.75) is 19.1 Å². The zero-order valence-corrected chi connectivity index (χ0v) is 8.21. The van der Waals surface area contributed by atoms with Gasteiger partial charge in [0.2, 0.25) is 0 Å². The van der Waals surface area contributed by atoms with Crippen LogP contribution in [-0.4, -0.2) is 28.3 Å². The van der Waals surface area contributed by atoms with Gasteiger partial charge >= 0.3 is 5.97 Å². The van der Waals surface area contributed by atoms with Crippen LogP contribution < -0.4 is 5.73 Å². The van der Waals surface area contributed by atoms with Crippen LogP contribution in [0.5, 0.6) is 0 Å². The average Bonchev–Trinajstić information content (AvgIpc) is 1.64. The summed E-state index contributed by atoms with van der Waals surface area (Å²) >= 11 is 0. The van der Waals surface area contributed by atoms with Gasteiger partial charge in [0, 0.05) is 0 Å². The van der Waals surface area contributed by atoms with E-state index in [1.165, 1.54) is 6.92 Å². The lowest BCUT2D eigenvalue weighted by Gasteiger charge is -2.06. The molecule has 0 heterocycles. The van der Waals surface area contributed by atoms with E-state index in [-0.39, 0.29) is 37.2 Å². The number of aliphatic carboxylic acids is 1. The van der Waals surface area contributed by atoms with E-state index in [4.69, 9.17) is 15.9 Å². The molecule has 2 atom stereocenters. The Morgan fingerprint density at radius 2 is 1.64 bits per heavy atom. The third-order valence-electron chi connectivity index (χ3n) is 0.805. The Hall–Kier alpha value is 0.260. The van der Waals surface area contributed by atoms with Gasteiger partial charge < -0.3 is 15.9 Å². The van der Waals surface area contributed by atoms with Gasteiger partial charge in [-0.2, -0.15) is 0 Å². The molecular weight excluding hydrogens is 216 g/mol. The van der Waals surface area contributed by atoms with Gasteiger partial charge in [-0.1, -0.05) is 0 Å². The summed E-state index contributed by atoms with van der Waals surface area (Å²) in [6.07, 6.45) is -0.979. The molecule has 0 rings (SSSR count). The summed E-state index contributed by atoms with van der Waals surface area (Å²) in [7, 11) is 0. The summed E-state index contributed by atoms with van der Waals surface area (Å²) in [5.41, 5.74) is 4.91. The van der Waals surface area contributed by atoms with Crippen LogP contribution in [0.15, 0.2) is 0 Å². The molecule has 0 spiro atoms. The van der Waals surface area contributed by atoms with E-state index in [2.05, 4.69) is 0 Å². The lowest BCUT2D eigenvalue weighted by atomic mass is 10.2. The second kappa shape index (κ2) is 10.3. The molecule has 0 saturated carbocycles. The fraction of sp³-hybridized carbons (Fsp3) is 0.750. The fourth-order valence-electron chi connectivity index (χ4n) is 0.206. The second-order valence-corrected chi connectivity index (χ2v) is 1.60. The van der Waals surface area contributed by atoms with Crippen molar-refractivity contribution in [3.63, 3.8) is 0 Å². The molecule has 0 amide bonds. The Kier molecular flexibility index (Phi) is 21.0. The van der Waals surface area contributed by atoms with Gasteiger partial charge in [0.25, 0.3) is 0 Å². The van der Waals surface area contributed by atoms with Crippen LogP contribution in [0.4, 0.5) is 0 Å². The zero-order chi connectivity index (χ0) is 6.73. The molecule has 4 N–H and O–H groups in total. The number of aliphatic hydroxyl groups excluding tert-OH is 1. The first-order valence-corrected chi connectivity index (χ1v) is 2.22. The lowest BCUT2D eigenvalue weighted by molar-refractivity contribution is -0.140. The zero-order valence-electron chi connectivity index (χ0n) is 5.76. The van der Waals surface area contributed by atoms with Crippen LogP contribution in [0.25, 0.3) is 0 Å². The first-order chi connectivity index (χ1) is 3.55. The molecule has 4 nitrogen and oxygen atoms in total. The third kappa shape index (κ3) is 10.3. The number of carboxylic acid groups (broad SMARTS) is 1. The van der Waals surface area contributed by atoms with Gasteiger partial charge in [0.1, 0.15) is 6.04 Å². The molecular formula is C4H12Cl3NO3. The van der Waals surface area contributed by atoms with Gasteiger partial charge in [-0.15, -0.1) is 37.2 Å². The molecule has 0 saturated heterocycles. The minimum Gasteiger partial charge on any atom is -0.480 e. The molecule has 11 heavy (non-hydrogen) atoms. The van der Waals surface area contributed by atoms with Crippen molar-refractivity contribution < 1.29 is 15.0 Å². The molecule has 72 valence electrons. The molecule has 0 aromatic rings. The number of nitrogens with two attached hydrogens (primary N) is 1. The predicted octanol–water partition coefficient (Wildman–Crippen LogP) is 0.0445. The molecule has 0 aliphatic rings. The SMILES string of the molecule is CC(O)C(N)C(=O)O.Cl.Cl.Cl. The van der Waals surface area contributed by atoms with Crippen molar-refractivity contribution in [1.82, 2.24) is 0 Å². The van der Waals surface area contributed by atoms with Crippen LogP contribution in [0.2, 0.25) is 0 Å². The van der Waals surface area contributed by atoms with Crippen molar-refractivity contribution in [3.05, 3.63) is 0 Å². The van der Waals surface area contributed by atoms with Gasteiger partial charge in [0.15, 0.2) is 0 Å². The maximum Gasteiger partial charge on any atom is 0.323 e. The largest absolute Gasteiger partial charge is 0.480 e. The van der Waals surface area contributed by atoms with E-state index >= 15 is 0 Å². The van der Waals surface area contributed by atoms with Crippen molar-refractivity contribution >= 4 is 43.2 Å². The molecule has 0 aliphatic heterocycles. The quantitative estimate of drug-likeness (QED) is 0.623. The number of rotatable bonds is 2. The highest BCUT2D eigenvalue weighted by molar-refractivity contribution is 5.86. The van der Waals surface area contributed by atoms with Gasteiger partial charge in [0.05, 0.1) is 6.10 Å². The summed E-state index contributed by atoms with van der Waals surface area (Å²) in [5.74, 6) is -1.18. The fourth-order valence-corrected chi connectivity index (χ4v) is 0.206. The number of hydrogen-bond acceptors (Lipinski definition) is 3. The summed E-state index contributed by atoms with van der Waals surface area (Å²) in [6, 6.07) is -1.16. The van der Waals surface area contributed by atoms with Crippen LogP contribution in [0.1, 0.15) is 6.92 Å². The molecule has 0 aliphatic carbocycles. The van der Waals surface area contributed by atoms with E-state index < -0.39 is 18.1 Å². The normalized spacial score (nSPS) is 12.6. The molecule has 2 unspecified atom stereocenters. The van der Waals surface area contributed by atoms with Crippen molar-refractivity contribution in [1.29, 1.82) is 0 Å². The molecule has 0 aromatic carbocycles. The van der Waals surface area contributed by atoms with Gasteiger partial charge in [-0.3, -0.25) is 4.79 Å². The number of carboxylic acids is 1. The molecule has 0 radical (unpaired) electrons. The van der Waals surface area contributed by atoms with Crippen molar-refractivity contribution in [2.24, 2.45) is 5.73 Å². The summed E-state index contributed by atoms with van der Waals surface area (Å²) in [6.45, 7) is 1.33. The van der Waals surface area contributed by atoms with Crippen LogP contribution in [-0.2, 0) is 4.79 Å². The molecule has 0 aromatic heterocycles. The lowest BCUT2D eigenvalue weighted by Crippen LogP contribution is -2.39. The first kappa shape index (κ1) is 22.5. The summed E-state index contributed by atoms with van der Waals surface area (Å²) in [5, 5.41) is 16.6. The summed E-state index contributed by atoms with van der Waals surface area (Å²) < 4.78 is 0. The standard InChI is InChI=1S/C4H9NO3.3ClH/c1-2(6)3(5)4(7)8;;;/h2-3,6H,5H2,1H3,(H,7,8);3*1H. The van der Waals surface area contributed by atoms with Crippen molar-refractivity contribution in [3.8, 4) is 0 Å². The maximum atomic E-state index is 9.86. The van der Waals surface area contributed by atoms with E-state index in [0.717, 1.165) is 0 Å². The topological polar surface area (TPSA) is 83.5 Å². The van der Waals surface area contributed by atoms with E-state index in [9.17, 15) is 4.79 Å². The Bertz CT molecular complexity index is 101. The van der Waals surface area contributed by atoms with E-state index in [1.54, 1.807) is 0 Å². The summed E-state index contributed by atoms with van der Waals surface area (Å²) in [4.78, 5) is 9.86. The Morgan fingerprint density at radius 3 is 1.64 bits per heavy atom. The van der Waals surface area contributed by atoms with E-state index in [0.29, 0.717) is 0 Å². The van der Waals surface area contributed by atoms with Crippen LogP contribution in [0, 0.1) is 0 Å². The van der Waals surface area contributed by atoms with Crippen LogP contribution in [0.3, 0.4) is 0 Å².